The monoisotopic (exact) mass is 288 g/mol. The number of aromatic amines is 1. The van der Waals surface area contributed by atoms with E-state index in [1.807, 2.05) is 51.1 Å². The number of ether oxygens (including phenoxy) is 2. The minimum Gasteiger partial charge on any atom is -0.487 e. The lowest BCUT2D eigenvalue weighted by Gasteiger charge is -2.19. The molecule has 2 rings (SSSR count). The number of aryl methyl sites for hydroxylation is 1. The maximum atomic E-state index is 12.2. The fourth-order valence-electron chi connectivity index (χ4n) is 1.85. The van der Waals surface area contributed by atoms with Crippen molar-refractivity contribution in [2.24, 2.45) is 0 Å². The van der Waals surface area contributed by atoms with E-state index in [-0.39, 0.29) is 12.6 Å². The van der Waals surface area contributed by atoms with Gasteiger partial charge in [-0.15, -0.1) is 0 Å². The van der Waals surface area contributed by atoms with E-state index in [0.717, 1.165) is 5.75 Å². The second-order valence-corrected chi connectivity index (χ2v) is 5.77. The third kappa shape index (κ3) is 4.08. The van der Waals surface area contributed by atoms with E-state index >= 15 is 0 Å². The highest BCUT2D eigenvalue weighted by Gasteiger charge is 2.24. The van der Waals surface area contributed by atoms with Crippen molar-refractivity contribution in [1.29, 1.82) is 0 Å². The summed E-state index contributed by atoms with van der Waals surface area (Å²) in [6.45, 7) is 7.50. The molecule has 0 aliphatic rings. The molecule has 1 heterocycles. The molecule has 0 saturated heterocycles. The number of hydrogen-bond donors (Lipinski definition) is 1. The first-order valence-corrected chi connectivity index (χ1v) is 6.82. The van der Waals surface area contributed by atoms with Crippen LogP contribution in [-0.2, 0) is 11.3 Å². The number of aromatic nitrogens is 2. The van der Waals surface area contributed by atoms with Crippen molar-refractivity contribution in [3.63, 3.8) is 0 Å². The Kier molecular flexibility index (Phi) is 4.31. The van der Waals surface area contributed by atoms with Gasteiger partial charge in [-0.2, -0.15) is 5.10 Å². The van der Waals surface area contributed by atoms with Crippen molar-refractivity contribution in [2.45, 2.75) is 39.9 Å². The van der Waals surface area contributed by atoms with Gasteiger partial charge in [0, 0.05) is 5.69 Å². The molecule has 0 bridgehead atoms. The zero-order valence-corrected chi connectivity index (χ0v) is 12.8. The van der Waals surface area contributed by atoms with E-state index in [9.17, 15) is 4.79 Å². The number of nitrogens with one attached hydrogen (secondary N) is 1. The maximum absolute atomic E-state index is 12.2. The van der Waals surface area contributed by atoms with Crippen molar-refractivity contribution in [3.8, 4) is 5.75 Å². The van der Waals surface area contributed by atoms with Crippen LogP contribution in [0.15, 0.2) is 30.3 Å². The molecule has 0 radical (unpaired) electrons. The Hall–Kier alpha value is -2.30. The smallest absolute Gasteiger partial charge is 0.342 e. The van der Waals surface area contributed by atoms with Crippen LogP contribution in [0.3, 0.4) is 0 Å². The molecule has 0 unspecified atom stereocenters. The Morgan fingerprint density at radius 2 is 1.90 bits per heavy atom. The second kappa shape index (κ2) is 5.99. The van der Waals surface area contributed by atoms with E-state index < -0.39 is 5.60 Å². The lowest BCUT2D eigenvalue weighted by molar-refractivity contribution is 0.00663. The summed E-state index contributed by atoms with van der Waals surface area (Å²) in [5.74, 6) is 0.341. The van der Waals surface area contributed by atoms with Gasteiger partial charge in [0.1, 0.15) is 29.2 Å². The summed E-state index contributed by atoms with van der Waals surface area (Å²) in [6, 6.07) is 9.40. The van der Waals surface area contributed by atoms with Crippen LogP contribution in [-0.4, -0.2) is 21.8 Å². The van der Waals surface area contributed by atoms with Crippen LogP contribution in [0.2, 0.25) is 0 Å². The average Bonchev–Trinajstić information content (AvgIpc) is 2.77. The Morgan fingerprint density at radius 1 is 1.24 bits per heavy atom. The minimum atomic E-state index is -0.543. The molecule has 2 aromatic rings. The molecule has 0 aliphatic carbocycles. The van der Waals surface area contributed by atoms with Gasteiger partial charge in [0.05, 0.1) is 0 Å². The van der Waals surface area contributed by atoms with Crippen LogP contribution >= 0.6 is 0 Å². The third-order valence-electron chi connectivity index (χ3n) is 2.74. The van der Waals surface area contributed by atoms with E-state index in [4.69, 9.17) is 9.47 Å². The average molecular weight is 288 g/mol. The first kappa shape index (κ1) is 15.1. The summed E-state index contributed by atoms with van der Waals surface area (Å²) in [5, 5.41) is 6.94. The van der Waals surface area contributed by atoms with Crippen LogP contribution < -0.4 is 4.74 Å². The molecule has 1 N–H and O–H groups in total. The van der Waals surface area contributed by atoms with Gasteiger partial charge in [-0.05, 0) is 39.8 Å². The molecular formula is C16H20N2O3. The summed E-state index contributed by atoms with van der Waals surface area (Å²) >= 11 is 0. The van der Waals surface area contributed by atoms with Gasteiger partial charge in [0.25, 0.3) is 0 Å². The fraction of sp³-hybridized carbons (Fsp3) is 0.375. The quantitative estimate of drug-likeness (QED) is 0.877. The second-order valence-electron chi connectivity index (χ2n) is 5.77. The SMILES string of the molecule is Cc1[nH]nc(COc2ccccc2)c1C(=O)OC(C)(C)C. The molecule has 0 spiro atoms. The molecule has 0 aliphatic heterocycles. The number of H-pyrrole nitrogens is 1. The topological polar surface area (TPSA) is 64.2 Å². The van der Waals surface area contributed by atoms with Crippen LogP contribution in [0.25, 0.3) is 0 Å². The van der Waals surface area contributed by atoms with Crippen LogP contribution in [0.1, 0.15) is 42.5 Å². The van der Waals surface area contributed by atoms with Gasteiger partial charge < -0.3 is 9.47 Å². The summed E-state index contributed by atoms with van der Waals surface area (Å²) in [5.41, 5.74) is 1.13. The molecule has 5 heteroatoms. The van der Waals surface area contributed by atoms with Gasteiger partial charge in [0.15, 0.2) is 0 Å². The van der Waals surface area contributed by atoms with Crippen molar-refractivity contribution in [2.75, 3.05) is 0 Å². The number of rotatable bonds is 4. The lowest BCUT2D eigenvalue weighted by Crippen LogP contribution is -2.24. The number of nitrogens with zero attached hydrogens (tertiary/aromatic N) is 1. The highest BCUT2D eigenvalue weighted by Crippen LogP contribution is 2.19. The van der Waals surface area contributed by atoms with Crippen molar-refractivity contribution < 1.29 is 14.3 Å². The summed E-state index contributed by atoms with van der Waals surface area (Å²) in [6.07, 6.45) is 0. The van der Waals surface area contributed by atoms with Gasteiger partial charge in [-0.1, -0.05) is 18.2 Å². The Bertz CT molecular complexity index is 612. The standard InChI is InChI=1S/C16H20N2O3/c1-11-14(15(19)21-16(2,3)4)13(18-17-11)10-20-12-8-6-5-7-9-12/h5-9H,10H2,1-4H3,(H,17,18). The predicted octanol–water partition coefficient (Wildman–Crippen LogP) is 3.25. The molecule has 0 saturated carbocycles. The molecule has 112 valence electrons. The largest absolute Gasteiger partial charge is 0.487 e. The number of carbonyl (C=O) groups excluding carboxylic acids is 1. The summed E-state index contributed by atoms with van der Waals surface area (Å²) in [4.78, 5) is 12.2. The molecule has 1 aromatic carbocycles. The fourth-order valence-corrected chi connectivity index (χ4v) is 1.85. The Labute approximate surface area is 124 Å². The number of carbonyl (C=O) groups is 1. The van der Waals surface area contributed by atoms with Crippen molar-refractivity contribution in [3.05, 3.63) is 47.3 Å². The highest BCUT2D eigenvalue weighted by molar-refractivity contribution is 5.92. The number of hydrogen-bond acceptors (Lipinski definition) is 4. The molecular weight excluding hydrogens is 268 g/mol. The Morgan fingerprint density at radius 3 is 2.52 bits per heavy atom. The lowest BCUT2D eigenvalue weighted by atomic mass is 10.1. The summed E-state index contributed by atoms with van der Waals surface area (Å²) in [7, 11) is 0. The molecule has 5 nitrogen and oxygen atoms in total. The van der Waals surface area contributed by atoms with Crippen LogP contribution in [0.4, 0.5) is 0 Å². The van der Waals surface area contributed by atoms with Crippen molar-refractivity contribution in [1.82, 2.24) is 10.2 Å². The molecule has 0 amide bonds. The number of para-hydroxylation sites is 1. The molecule has 0 atom stereocenters. The van der Waals surface area contributed by atoms with Gasteiger partial charge >= 0.3 is 5.97 Å². The minimum absolute atomic E-state index is 0.211. The van der Waals surface area contributed by atoms with Crippen LogP contribution in [0.5, 0.6) is 5.75 Å². The Balaban J connectivity index is 2.13. The van der Waals surface area contributed by atoms with E-state index in [0.29, 0.717) is 17.0 Å². The first-order chi connectivity index (χ1) is 9.87. The predicted molar refractivity (Wildman–Crippen MR) is 79.3 cm³/mol. The maximum Gasteiger partial charge on any atom is 0.342 e. The number of benzene rings is 1. The first-order valence-electron chi connectivity index (χ1n) is 6.82. The van der Waals surface area contributed by atoms with E-state index in [1.54, 1.807) is 6.92 Å². The van der Waals surface area contributed by atoms with E-state index in [1.165, 1.54) is 0 Å². The molecule has 1 aromatic heterocycles. The normalized spacial score (nSPS) is 11.2. The van der Waals surface area contributed by atoms with E-state index in [2.05, 4.69) is 10.2 Å². The molecule has 0 fully saturated rings. The van der Waals surface area contributed by atoms with Gasteiger partial charge in [0.2, 0.25) is 0 Å². The van der Waals surface area contributed by atoms with Crippen molar-refractivity contribution >= 4 is 5.97 Å². The summed E-state index contributed by atoms with van der Waals surface area (Å²) < 4.78 is 11.0. The highest BCUT2D eigenvalue weighted by atomic mass is 16.6. The number of esters is 1. The third-order valence-corrected chi connectivity index (χ3v) is 2.74. The molecule has 21 heavy (non-hydrogen) atoms. The van der Waals surface area contributed by atoms with Gasteiger partial charge in [-0.25, -0.2) is 4.79 Å². The van der Waals surface area contributed by atoms with Crippen LogP contribution in [0, 0.1) is 6.92 Å². The zero-order valence-electron chi connectivity index (χ0n) is 12.8. The zero-order chi connectivity index (χ0) is 15.5. The van der Waals surface area contributed by atoms with Gasteiger partial charge in [-0.3, -0.25) is 5.10 Å².